The summed E-state index contributed by atoms with van der Waals surface area (Å²) in [7, 11) is 1.59. The van der Waals surface area contributed by atoms with E-state index in [2.05, 4.69) is 5.48 Å². The molecule has 14 heavy (non-hydrogen) atoms. The first-order valence-corrected chi connectivity index (χ1v) is 4.85. The second kappa shape index (κ2) is 3.77. The van der Waals surface area contributed by atoms with Gasteiger partial charge in [0.1, 0.15) is 11.9 Å². The van der Waals surface area contributed by atoms with Gasteiger partial charge in [0.15, 0.2) is 0 Å². The van der Waals surface area contributed by atoms with Crippen molar-refractivity contribution >= 4 is 11.6 Å². The van der Waals surface area contributed by atoms with Gasteiger partial charge < -0.3 is 9.57 Å². The van der Waals surface area contributed by atoms with Gasteiger partial charge in [-0.3, -0.25) is 0 Å². The van der Waals surface area contributed by atoms with Gasteiger partial charge in [-0.05, 0) is 13.0 Å². The zero-order valence-electron chi connectivity index (χ0n) is 8.08. The number of rotatable bonds is 2. The molecule has 1 N–H and O–H groups in total. The van der Waals surface area contributed by atoms with Gasteiger partial charge in [0, 0.05) is 5.56 Å². The fourth-order valence-electron chi connectivity index (χ4n) is 1.69. The second-order valence-corrected chi connectivity index (χ2v) is 3.69. The largest absolute Gasteiger partial charge is 0.487 e. The van der Waals surface area contributed by atoms with Crippen LogP contribution in [0.1, 0.15) is 18.5 Å². The highest BCUT2D eigenvalue weighted by molar-refractivity contribution is 6.32. The van der Waals surface area contributed by atoms with Crippen LogP contribution in [0.3, 0.4) is 0 Å². The summed E-state index contributed by atoms with van der Waals surface area (Å²) in [5.41, 5.74) is 3.94. The SMILES string of the molecule is CONC1c2cccc(Cl)c2OC1C. The minimum atomic E-state index is 0.0323. The predicted octanol–water partition coefficient (Wildman–Crippen LogP) is 2.31. The van der Waals surface area contributed by atoms with Crippen molar-refractivity contribution in [1.82, 2.24) is 5.48 Å². The monoisotopic (exact) mass is 213 g/mol. The summed E-state index contributed by atoms with van der Waals surface area (Å²) in [4.78, 5) is 4.92. The Kier molecular flexibility index (Phi) is 2.63. The summed E-state index contributed by atoms with van der Waals surface area (Å²) in [6, 6.07) is 5.77. The van der Waals surface area contributed by atoms with Gasteiger partial charge in [0.25, 0.3) is 0 Å². The number of fused-ring (bicyclic) bond motifs is 1. The van der Waals surface area contributed by atoms with Gasteiger partial charge in [-0.1, -0.05) is 23.7 Å². The van der Waals surface area contributed by atoms with Gasteiger partial charge in [0.2, 0.25) is 0 Å². The predicted molar refractivity (Wildman–Crippen MR) is 54.4 cm³/mol. The van der Waals surface area contributed by atoms with Gasteiger partial charge in [-0.15, -0.1) is 0 Å². The quantitative estimate of drug-likeness (QED) is 0.765. The Morgan fingerprint density at radius 3 is 3.00 bits per heavy atom. The lowest BCUT2D eigenvalue weighted by molar-refractivity contribution is 0.0339. The minimum absolute atomic E-state index is 0.0323. The summed E-state index contributed by atoms with van der Waals surface area (Å²) in [6.07, 6.45) is 0.0323. The van der Waals surface area contributed by atoms with Crippen molar-refractivity contribution in [2.24, 2.45) is 0 Å². The molecule has 0 aromatic heterocycles. The molecule has 1 aromatic rings. The summed E-state index contributed by atoms with van der Waals surface area (Å²) >= 11 is 6.01. The number of hydrogen-bond donors (Lipinski definition) is 1. The van der Waals surface area contributed by atoms with Gasteiger partial charge in [-0.2, -0.15) is 5.48 Å². The molecule has 1 aliphatic rings. The number of hydroxylamine groups is 1. The van der Waals surface area contributed by atoms with Crippen molar-refractivity contribution in [3.05, 3.63) is 28.8 Å². The first kappa shape index (κ1) is 9.77. The third kappa shape index (κ3) is 1.47. The molecule has 0 saturated carbocycles. The van der Waals surface area contributed by atoms with E-state index in [1.165, 1.54) is 0 Å². The first-order chi connectivity index (χ1) is 6.74. The molecule has 3 nitrogen and oxygen atoms in total. The Bertz CT molecular complexity index is 343. The smallest absolute Gasteiger partial charge is 0.143 e. The Balaban J connectivity index is 2.37. The summed E-state index contributed by atoms with van der Waals surface area (Å²) in [5, 5.41) is 0.648. The fourth-order valence-corrected chi connectivity index (χ4v) is 1.91. The first-order valence-electron chi connectivity index (χ1n) is 4.47. The lowest BCUT2D eigenvalue weighted by Crippen LogP contribution is -2.27. The highest BCUT2D eigenvalue weighted by Crippen LogP contribution is 2.41. The third-order valence-electron chi connectivity index (χ3n) is 2.35. The van der Waals surface area contributed by atoms with Crippen molar-refractivity contribution < 1.29 is 9.57 Å². The molecular formula is C10H12ClNO2. The molecule has 76 valence electrons. The minimum Gasteiger partial charge on any atom is -0.487 e. The van der Waals surface area contributed by atoms with Gasteiger partial charge in [-0.25, -0.2) is 0 Å². The van der Waals surface area contributed by atoms with Crippen molar-refractivity contribution in [2.45, 2.75) is 19.1 Å². The maximum absolute atomic E-state index is 6.01. The molecular weight excluding hydrogens is 202 g/mol. The highest BCUT2D eigenvalue weighted by atomic mass is 35.5. The molecule has 0 amide bonds. The fraction of sp³-hybridized carbons (Fsp3) is 0.400. The lowest BCUT2D eigenvalue weighted by Gasteiger charge is -2.14. The molecule has 1 aliphatic heterocycles. The Morgan fingerprint density at radius 1 is 1.50 bits per heavy atom. The van der Waals surface area contributed by atoms with E-state index in [0.717, 1.165) is 11.3 Å². The Hall–Kier alpha value is -0.770. The molecule has 1 heterocycles. The van der Waals surface area contributed by atoms with Gasteiger partial charge >= 0.3 is 0 Å². The number of ether oxygens (including phenoxy) is 1. The van der Waals surface area contributed by atoms with Crippen LogP contribution in [0, 0.1) is 0 Å². The van der Waals surface area contributed by atoms with Crippen LogP contribution in [-0.4, -0.2) is 13.2 Å². The van der Waals surface area contributed by atoms with E-state index in [9.17, 15) is 0 Å². The van der Waals surface area contributed by atoms with Gasteiger partial charge in [0.05, 0.1) is 18.2 Å². The average Bonchev–Trinajstić information content (AvgIpc) is 2.47. The average molecular weight is 214 g/mol. The molecule has 2 atom stereocenters. The summed E-state index contributed by atoms with van der Waals surface area (Å²) in [6.45, 7) is 1.98. The zero-order chi connectivity index (χ0) is 10.1. The van der Waals surface area contributed by atoms with E-state index in [-0.39, 0.29) is 12.1 Å². The molecule has 0 aliphatic carbocycles. The normalized spacial score (nSPS) is 24.5. The molecule has 0 fully saturated rings. The van der Waals surface area contributed by atoms with Crippen molar-refractivity contribution in [1.29, 1.82) is 0 Å². The Labute approximate surface area is 87.9 Å². The van der Waals surface area contributed by atoms with Crippen LogP contribution >= 0.6 is 11.6 Å². The van der Waals surface area contributed by atoms with E-state index in [1.54, 1.807) is 7.11 Å². The van der Waals surface area contributed by atoms with Crippen molar-refractivity contribution in [3.8, 4) is 5.75 Å². The number of para-hydroxylation sites is 1. The van der Waals surface area contributed by atoms with Crippen LogP contribution in [0.2, 0.25) is 5.02 Å². The molecule has 4 heteroatoms. The van der Waals surface area contributed by atoms with E-state index in [1.807, 2.05) is 25.1 Å². The maximum Gasteiger partial charge on any atom is 0.143 e. The van der Waals surface area contributed by atoms with Crippen LogP contribution in [-0.2, 0) is 4.84 Å². The molecule has 2 rings (SSSR count). The number of benzene rings is 1. The third-order valence-corrected chi connectivity index (χ3v) is 2.65. The van der Waals surface area contributed by atoms with E-state index in [4.69, 9.17) is 21.2 Å². The molecule has 0 spiro atoms. The van der Waals surface area contributed by atoms with E-state index >= 15 is 0 Å². The van der Waals surface area contributed by atoms with Crippen LogP contribution in [0.5, 0.6) is 5.75 Å². The maximum atomic E-state index is 6.01. The van der Waals surface area contributed by atoms with Crippen molar-refractivity contribution in [3.63, 3.8) is 0 Å². The number of hydrogen-bond acceptors (Lipinski definition) is 3. The molecule has 0 saturated heterocycles. The van der Waals surface area contributed by atoms with Crippen LogP contribution in [0.4, 0.5) is 0 Å². The van der Waals surface area contributed by atoms with Crippen LogP contribution < -0.4 is 10.2 Å². The number of halogens is 1. The van der Waals surface area contributed by atoms with Crippen molar-refractivity contribution in [2.75, 3.05) is 7.11 Å². The topological polar surface area (TPSA) is 30.5 Å². The Morgan fingerprint density at radius 2 is 2.29 bits per heavy atom. The van der Waals surface area contributed by atoms with E-state index in [0.29, 0.717) is 5.02 Å². The summed E-state index contributed by atoms with van der Waals surface area (Å²) < 4.78 is 5.63. The summed E-state index contributed by atoms with van der Waals surface area (Å²) in [5.74, 6) is 0.760. The standard InChI is InChI=1S/C10H12ClNO2/c1-6-9(12-13-2)7-4-3-5-8(11)10(7)14-6/h3-6,9,12H,1-2H3. The highest BCUT2D eigenvalue weighted by Gasteiger charge is 2.32. The molecule has 0 bridgehead atoms. The van der Waals surface area contributed by atoms with Crippen LogP contribution in [0.15, 0.2) is 18.2 Å². The molecule has 1 aromatic carbocycles. The number of nitrogens with one attached hydrogen (secondary N) is 1. The van der Waals surface area contributed by atoms with Crippen LogP contribution in [0.25, 0.3) is 0 Å². The molecule has 0 radical (unpaired) electrons. The second-order valence-electron chi connectivity index (χ2n) is 3.28. The molecule has 2 unspecified atom stereocenters. The van der Waals surface area contributed by atoms with E-state index < -0.39 is 0 Å². The zero-order valence-corrected chi connectivity index (χ0v) is 8.84. The lowest BCUT2D eigenvalue weighted by atomic mass is 10.1.